The predicted molar refractivity (Wildman–Crippen MR) is 191 cm³/mol. The normalized spacial score (nSPS) is 19.0. The Morgan fingerprint density at radius 2 is 1.78 bits per heavy atom. The molecule has 278 valence electrons. The highest BCUT2D eigenvalue weighted by atomic mass is 16.5. The van der Waals surface area contributed by atoms with Crippen LogP contribution in [0.1, 0.15) is 71.9 Å². The zero-order valence-electron chi connectivity index (χ0n) is 31.0. The van der Waals surface area contributed by atoms with E-state index in [9.17, 15) is 19.5 Å². The quantitative estimate of drug-likeness (QED) is 0.156. The van der Waals surface area contributed by atoms with E-state index in [4.69, 9.17) is 24.7 Å². The van der Waals surface area contributed by atoms with Crippen LogP contribution in [0.15, 0.2) is 42.7 Å². The van der Waals surface area contributed by atoms with Crippen LogP contribution >= 0.6 is 0 Å². The third kappa shape index (κ3) is 11.3. The number of methoxy groups -OCH3 is 2. The van der Waals surface area contributed by atoms with Gasteiger partial charge in [-0.1, -0.05) is 39.8 Å². The van der Waals surface area contributed by atoms with E-state index in [2.05, 4.69) is 24.1 Å². The Morgan fingerprint density at radius 3 is 2.36 bits per heavy atom. The second-order valence-corrected chi connectivity index (χ2v) is 14.6. The summed E-state index contributed by atoms with van der Waals surface area (Å²) in [6.07, 6.45) is 3.59. The van der Waals surface area contributed by atoms with E-state index in [1.807, 2.05) is 44.2 Å². The van der Waals surface area contributed by atoms with Crippen molar-refractivity contribution in [2.24, 2.45) is 34.8 Å². The van der Waals surface area contributed by atoms with Gasteiger partial charge in [0.1, 0.15) is 6.23 Å². The second kappa shape index (κ2) is 18.9. The van der Waals surface area contributed by atoms with Gasteiger partial charge in [0.05, 0.1) is 31.3 Å². The molecule has 12 heteroatoms. The Kier molecular flexibility index (Phi) is 15.3. The van der Waals surface area contributed by atoms with Gasteiger partial charge in [-0.2, -0.15) is 0 Å². The van der Waals surface area contributed by atoms with Crippen LogP contribution in [-0.2, 0) is 31.9 Å². The molecule has 1 unspecified atom stereocenters. The van der Waals surface area contributed by atoms with Crippen molar-refractivity contribution < 1.29 is 38.4 Å². The fraction of sp³-hybridized carbons (Fsp3) is 0.632. The van der Waals surface area contributed by atoms with E-state index >= 15 is 0 Å². The van der Waals surface area contributed by atoms with Gasteiger partial charge in [-0.25, -0.2) is 4.79 Å². The van der Waals surface area contributed by atoms with E-state index in [0.717, 1.165) is 17.5 Å². The number of hydrogen-bond donors (Lipinski definition) is 3. The summed E-state index contributed by atoms with van der Waals surface area (Å²) in [5, 5.41) is 13.6. The summed E-state index contributed by atoms with van der Waals surface area (Å²) in [7, 11) is 3.27. The van der Waals surface area contributed by atoms with Gasteiger partial charge in [-0.05, 0) is 80.2 Å². The Morgan fingerprint density at radius 1 is 1.04 bits per heavy atom. The van der Waals surface area contributed by atoms with Crippen LogP contribution in [0.2, 0.25) is 0 Å². The molecule has 0 aliphatic carbocycles. The maximum Gasteiger partial charge on any atom is 0.409 e. The topological polar surface area (TPSA) is 163 Å². The summed E-state index contributed by atoms with van der Waals surface area (Å²) in [4.78, 5) is 44.2. The number of pyridine rings is 1. The van der Waals surface area contributed by atoms with Crippen LogP contribution in [-0.4, -0.2) is 85.2 Å². The highest BCUT2D eigenvalue weighted by Gasteiger charge is 2.47. The number of carbonyl (C=O) groups is 3. The molecule has 3 rings (SSSR count). The Hall–Kier alpha value is -3.90. The fourth-order valence-electron chi connectivity index (χ4n) is 6.37. The Bertz CT molecular complexity index is 1390. The molecule has 5 atom stereocenters. The summed E-state index contributed by atoms with van der Waals surface area (Å²) in [6.45, 7) is 12.8. The minimum atomic E-state index is -1.07. The molecule has 4 N–H and O–H groups in total. The molecule has 0 saturated carbocycles. The van der Waals surface area contributed by atoms with E-state index in [1.54, 1.807) is 40.5 Å². The predicted octanol–water partition coefficient (Wildman–Crippen LogP) is 5.32. The Labute approximate surface area is 297 Å². The van der Waals surface area contributed by atoms with Gasteiger partial charge in [-0.3, -0.25) is 19.5 Å². The molecule has 0 spiro atoms. The number of hydrogen-bond acceptors (Lipinski definition) is 8. The van der Waals surface area contributed by atoms with Crippen molar-refractivity contribution in [3.8, 4) is 11.5 Å². The largest absolute Gasteiger partial charge is 0.493 e. The minimum absolute atomic E-state index is 0.0718. The summed E-state index contributed by atoms with van der Waals surface area (Å²) in [5.74, 6) is 0.286. The number of carbonyl (C=O) groups excluding carboxylic acids is 2. The molecule has 3 amide bonds. The van der Waals surface area contributed by atoms with Crippen molar-refractivity contribution in [2.75, 3.05) is 34.0 Å². The van der Waals surface area contributed by atoms with Crippen LogP contribution < -0.4 is 20.5 Å². The van der Waals surface area contributed by atoms with Gasteiger partial charge in [0.2, 0.25) is 11.8 Å². The third-order valence-corrected chi connectivity index (χ3v) is 9.75. The van der Waals surface area contributed by atoms with Gasteiger partial charge in [0, 0.05) is 51.4 Å². The van der Waals surface area contributed by atoms with E-state index in [-0.39, 0.29) is 30.2 Å². The number of aromatic nitrogens is 1. The highest BCUT2D eigenvalue weighted by molar-refractivity contribution is 5.83. The van der Waals surface area contributed by atoms with Crippen LogP contribution in [0, 0.1) is 29.1 Å². The zero-order valence-corrected chi connectivity index (χ0v) is 31.0. The minimum Gasteiger partial charge on any atom is -0.493 e. The van der Waals surface area contributed by atoms with Gasteiger partial charge in [0.15, 0.2) is 11.5 Å². The van der Waals surface area contributed by atoms with Crippen LogP contribution in [0.25, 0.3) is 0 Å². The average Bonchev–Trinajstić information content (AvgIpc) is 3.40. The number of nitrogens with zero attached hydrogens (tertiary/aromatic N) is 2. The average molecular weight is 699 g/mol. The molecule has 1 aliphatic heterocycles. The molecule has 1 saturated heterocycles. The zero-order chi connectivity index (χ0) is 37.0. The molecule has 1 fully saturated rings. The summed E-state index contributed by atoms with van der Waals surface area (Å²) >= 11 is 0. The van der Waals surface area contributed by atoms with Crippen molar-refractivity contribution >= 4 is 17.9 Å². The van der Waals surface area contributed by atoms with Crippen LogP contribution in [0.3, 0.4) is 0 Å². The first-order valence-corrected chi connectivity index (χ1v) is 17.6. The van der Waals surface area contributed by atoms with E-state index in [1.165, 1.54) is 4.90 Å². The maximum absolute atomic E-state index is 13.6. The molecular formula is C38H58N4O8. The van der Waals surface area contributed by atoms with Crippen molar-refractivity contribution in [1.82, 2.24) is 15.2 Å². The first kappa shape index (κ1) is 40.5. The number of carboxylic acid groups (broad SMARTS) is 1. The number of nitrogens with one attached hydrogen (secondary N) is 1. The first-order chi connectivity index (χ1) is 23.7. The van der Waals surface area contributed by atoms with Crippen molar-refractivity contribution in [3.05, 3.63) is 53.9 Å². The van der Waals surface area contributed by atoms with Crippen molar-refractivity contribution in [2.45, 2.75) is 92.0 Å². The number of amides is 3. The molecule has 0 radical (unpaired) electrons. The highest BCUT2D eigenvalue weighted by Crippen LogP contribution is 2.38. The molecule has 2 aromatic rings. The molecule has 50 heavy (non-hydrogen) atoms. The molecule has 1 aliphatic rings. The van der Waals surface area contributed by atoms with Crippen molar-refractivity contribution in [3.63, 3.8) is 0 Å². The maximum atomic E-state index is 13.6. The van der Waals surface area contributed by atoms with Crippen LogP contribution in [0.5, 0.6) is 11.5 Å². The number of ether oxygens (including phenoxy) is 4. The molecule has 2 heterocycles. The lowest BCUT2D eigenvalue weighted by Crippen LogP contribution is -2.47. The number of primary amides is 1. The van der Waals surface area contributed by atoms with Gasteiger partial charge in [-0.15, -0.1) is 0 Å². The van der Waals surface area contributed by atoms with E-state index < -0.39 is 41.7 Å². The van der Waals surface area contributed by atoms with Gasteiger partial charge >= 0.3 is 6.09 Å². The molecular weight excluding hydrogens is 640 g/mol. The molecule has 1 aromatic carbocycles. The standard InChI is InChI=1S/C38H58N4O8/c1-24(2)28(17-26-12-13-31(48-8)33(18-26)49-16-10-15-47-7)20-30-32(21-29(25(3)4)35(43)41-23-38(5,6)36(39)44)50-34(42(30)37(45)46)19-27-11-9-14-40-22-27/h9,11-14,18,22,24-25,28-30,32,34H,10,15-17,19-21,23H2,1-8H3,(H2,39,44)(H,41,43)(H,45,46)/t28-,29+,30+,32+,34?/m1/s1. The SMILES string of the molecule is COCCCOc1cc(C[C@H](C[C@H]2[C@H](C[C@H](C(=O)NCC(C)(C)C(N)=O)C(C)C)OC(Cc3cccnc3)N2C(=O)O)C(C)C)ccc1OC. The molecule has 1 aromatic heterocycles. The van der Waals surface area contributed by atoms with Crippen molar-refractivity contribution in [1.29, 1.82) is 0 Å². The molecule has 0 bridgehead atoms. The lowest BCUT2D eigenvalue weighted by atomic mass is 9.80. The van der Waals surface area contributed by atoms with Gasteiger partial charge in [0.25, 0.3) is 0 Å². The van der Waals surface area contributed by atoms with Gasteiger partial charge < -0.3 is 35.1 Å². The number of rotatable bonds is 20. The summed E-state index contributed by atoms with van der Waals surface area (Å²) < 4.78 is 23.4. The first-order valence-electron chi connectivity index (χ1n) is 17.6. The molecule has 12 nitrogen and oxygen atoms in total. The summed E-state index contributed by atoms with van der Waals surface area (Å²) in [5.41, 5.74) is 6.54. The lowest BCUT2D eigenvalue weighted by Gasteiger charge is -2.33. The fourth-order valence-corrected chi connectivity index (χ4v) is 6.37. The van der Waals surface area contributed by atoms with E-state index in [0.29, 0.717) is 50.4 Å². The summed E-state index contributed by atoms with van der Waals surface area (Å²) in [6, 6.07) is 9.12. The lowest BCUT2D eigenvalue weighted by molar-refractivity contribution is -0.130. The Balaban J connectivity index is 1.93. The second-order valence-electron chi connectivity index (χ2n) is 14.6. The number of benzene rings is 1. The third-order valence-electron chi connectivity index (χ3n) is 9.75. The monoisotopic (exact) mass is 698 g/mol. The number of nitrogens with two attached hydrogens (primary N) is 1. The smallest absolute Gasteiger partial charge is 0.409 e. The van der Waals surface area contributed by atoms with Crippen LogP contribution in [0.4, 0.5) is 4.79 Å².